The van der Waals surface area contributed by atoms with Crippen LogP contribution in [-0.2, 0) is 0 Å². The van der Waals surface area contributed by atoms with Crippen molar-refractivity contribution in [3.63, 3.8) is 0 Å². The van der Waals surface area contributed by atoms with Gasteiger partial charge < -0.3 is 4.42 Å². The molecule has 0 N–H and O–H groups in total. The fourth-order valence-electron chi connectivity index (χ4n) is 9.36. The monoisotopic (exact) mass is 856 g/mol. The molecular weight excluding hydrogens is 821 g/mol. The van der Waals surface area contributed by atoms with Crippen LogP contribution in [0.1, 0.15) is 0 Å². The van der Waals surface area contributed by atoms with Crippen molar-refractivity contribution in [2.45, 2.75) is 0 Å². The molecule has 0 aliphatic carbocycles. The first-order chi connectivity index (χ1) is 33.2. The molecule has 13 aromatic rings. The van der Waals surface area contributed by atoms with Gasteiger partial charge in [0.15, 0.2) is 22.9 Å². The topological polar surface area (TPSA) is 90.5 Å². The molecule has 0 spiro atoms. The maximum atomic E-state index is 6.45. The molecule has 0 saturated heterocycles. The molecule has 13 rings (SSSR count). The van der Waals surface area contributed by atoms with Crippen LogP contribution in [0.3, 0.4) is 0 Å². The molecule has 0 bridgehead atoms. The molecular formula is C60H36N6O. The average Bonchev–Trinajstić information content (AvgIpc) is 3.85. The van der Waals surface area contributed by atoms with Crippen molar-refractivity contribution in [3.05, 3.63) is 219 Å². The van der Waals surface area contributed by atoms with Gasteiger partial charge in [0.05, 0.1) is 22.8 Å². The Morgan fingerprint density at radius 1 is 0.299 bits per heavy atom. The standard InChI is InChI=1S/C60H36N6O/c1-3-16-37(17-4-1)52-35-54(64-57(62-52)50-33-39-20-7-9-22-44(39)46-24-11-13-26-48(46)50)41-30-42(32-43(31-41)60-66-59-56(67-60)28-15-29-61-59)55-36-53(38-18-5-2-6-19-38)63-58(65-55)51-34-40-21-8-10-23-45(40)47-25-12-14-27-49(47)51/h1-36H. The molecule has 4 aromatic heterocycles. The van der Waals surface area contributed by atoms with Crippen molar-refractivity contribution in [2.24, 2.45) is 0 Å². The molecule has 9 aromatic carbocycles. The number of oxazole rings is 1. The van der Waals surface area contributed by atoms with Crippen LogP contribution in [0.25, 0.3) is 134 Å². The highest BCUT2D eigenvalue weighted by molar-refractivity contribution is 6.14. The van der Waals surface area contributed by atoms with Crippen LogP contribution in [0.5, 0.6) is 0 Å². The van der Waals surface area contributed by atoms with E-state index < -0.39 is 0 Å². The largest absolute Gasteiger partial charge is 0.434 e. The molecule has 0 atom stereocenters. The number of aromatic nitrogens is 6. The van der Waals surface area contributed by atoms with Crippen molar-refractivity contribution in [1.29, 1.82) is 0 Å². The lowest BCUT2D eigenvalue weighted by Gasteiger charge is -2.15. The molecule has 312 valence electrons. The molecule has 7 nitrogen and oxygen atoms in total. The van der Waals surface area contributed by atoms with E-state index in [0.29, 0.717) is 28.8 Å². The summed E-state index contributed by atoms with van der Waals surface area (Å²) in [5.41, 5.74) is 10.5. The zero-order valence-corrected chi connectivity index (χ0v) is 35.9. The minimum atomic E-state index is 0.438. The van der Waals surface area contributed by atoms with E-state index >= 15 is 0 Å². The van der Waals surface area contributed by atoms with E-state index in [-0.39, 0.29) is 0 Å². The van der Waals surface area contributed by atoms with E-state index in [1.165, 1.54) is 10.8 Å². The molecule has 0 amide bonds. The highest BCUT2D eigenvalue weighted by Crippen LogP contribution is 2.40. The first-order valence-corrected chi connectivity index (χ1v) is 22.3. The van der Waals surface area contributed by atoms with Gasteiger partial charge in [-0.1, -0.05) is 158 Å². The second-order valence-corrected chi connectivity index (χ2v) is 16.7. The summed E-state index contributed by atoms with van der Waals surface area (Å²) in [6, 6.07) is 73.2. The Hall–Kier alpha value is -9.20. The van der Waals surface area contributed by atoms with Crippen LogP contribution in [-0.4, -0.2) is 29.9 Å². The fraction of sp³-hybridized carbons (Fsp3) is 0. The number of hydrogen-bond donors (Lipinski definition) is 0. The minimum Gasteiger partial charge on any atom is -0.434 e. The van der Waals surface area contributed by atoms with E-state index in [9.17, 15) is 0 Å². The number of hydrogen-bond acceptors (Lipinski definition) is 7. The lowest BCUT2D eigenvalue weighted by molar-refractivity contribution is 0.619. The number of rotatable bonds is 7. The number of fused-ring (bicyclic) bond motifs is 7. The first kappa shape index (κ1) is 38.3. The average molecular weight is 857 g/mol. The molecule has 0 unspecified atom stereocenters. The predicted molar refractivity (Wildman–Crippen MR) is 271 cm³/mol. The normalized spacial score (nSPS) is 11.6. The lowest BCUT2D eigenvalue weighted by atomic mass is 9.95. The summed E-state index contributed by atoms with van der Waals surface area (Å²) in [5.74, 6) is 1.68. The summed E-state index contributed by atoms with van der Waals surface area (Å²) in [6.07, 6.45) is 1.73. The van der Waals surface area contributed by atoms with Crippen LogP contribution >= 0.6 is 0 Å². The predicted octanol–water partition coefficient (Wildman–Crippen LogP) is 15.1. The highest BCUT2D eigenvalue weighted by atomic mass is 16.3. The highest BCUT2D eigenvalue weighted by Gasteiger charge is 2.20. The van der Waals surface area contributed by atoms with Crippen molar-refractivity contribution >= 4 is 54.3 Å². The van der Waals surface area contributed by atoms with Gasteiger partial charge in [-0.25, -0.2) is 24.9 Å². The summed E-state index contributed by atoms with van der Waals surface area (Å²) >= 11 is 0. The molecule has 0 saturated carbocycles. The Bertz CT molecular complexity index is 3800. The molecule has 0 fully saturated rings. The zero-order valence-electron chi connectivity index (χ0n) is 35.9. The summed E-state index contributed by atoms with van der Waals surface area (Å²) in [7, 11) is 0. The SMILES string of the molecule is c1ccc(-c2cc(-c3cc(-c4cc(-c5ccccc5)nc(-c5cc6ccccc6c6ccccc56)n4)cc(-c4nc5ncccc5o4)c3)nc(-c3cc4ccccc4c4ccccc34)n2)cc1. The molecule has 4 heterocycles. The van der Waals surface area contributed by atoms with Gasteiger partial charge in [-0.15, -0.1) is 0 Å². The zero-order chi connectivity index (χ0) is 44.3. The quantitative estimate of drug-likeness (QED) is 0.147. The Labute approximate surface area is 384 Å². The second kappa shape index (κ2) is 15.8. The smallest absolute Gasteiger partial charge is 0.228 e. The van der Waals surface area contributed by atoms with E-state index in [1.54, 1.807) is 6.20 Å². The summed E-state index contributed by atoms with van der Waals surface area (Å²) in [4.78, 5) is 30.9. The van der Waals surface area contributed by atoms with Crippen molar-refractivity contribution in [1.82, 2.24) is 29.9 Å². The van der Waals surface area contributed by atoms with Crippen molar-refractivity contribution < 1.29 is 4.42 Å². The van der Waals surface area contributed by atoms with Gasteiger partial charge in [0.1, 0.15) is 0 Å². The van der Waals surface area contributed by atoms with Crippen LogP contribution < -0.4 is 0 Å². The van der Waals surface area contributed by atoms with Crippen LogP contribution in [0.15, 0.2) is 223 Å². The summed E-state index contributed by atoms with van der Waals surface area (Å²) in [6.45, 7) is 0. The van der Waals surface area contributed by atoms with Gasteiger partial charge in [0.25, 0.3) is 0 Å². The summed E-state index contributed by atoms with van der Waals surface area (Å²) in [5, 5.41) is 9.05. The Morgan fingerprint density at radius 2 is 0.716 bits per heavy atom. The van der Waals surface area contributed by atoms with Gasteiger partial charge >= 0.3 is 0 Å². The van der Waals surface area contributed by atoms with Gasteiger partial charge in [-0.2, -0.15) is 4.98 Å². The number of pyridine rings is 1. The minimum absolute atomic E-state index is 0.438. The molecule has 0 radical (unpaired) electrons. The Morgan fingerprint density at radius 3 is 1.21 bits per heavy atom. The molecule has 0 aliphatic rings. The number of benzene rings is 9. The fourth-order valence-corrected chi connectivity index (χ4v) is 9.36. The third-order valence-corrected chi connectivity index (χ3v) is 12.5. The Balaban J connectivity index is 1.08. The van der Waals surface area contributed by atoms with Gasteiger partial charge in [0, 0.05) is 45.1 Å². The van der Waals surface area contributed by atoms with Gasteiger partial charge in [0.2, 0.25) is 5.89 Å². The van der Waals surface area contributed by atoms with Crippen molar-refractivity contribution in [3.8, 4) is 79.3 Å². The van der Waals surface area contributed by atoms with Gasteiger partial charge in [-0.05, 0) is 97.7 Å². The van der Waals surface area contributed by atoms with E-state index in [2.05, 4.69) is 169 Å². The maximum Gasteiger partial charge on any atom is 0.228 e. The first-order valence-electron chi connectivity index (χ1n) is 22.3. The molecule has 67 heavy (non-hydrogen) atoms. The van der Waals surface area contributed by atoms with E-state index in [4.69, 9.17) is 29.3 Å². The van der Waals surface area contributed by atoms with E-state index in [1.807, 2.05) is 48.5 Å². The van der Waals surface area contributed by atoms with Crippen LogP contribution in [0.4, 0.5) is 0 Å². The molecule has 0 aliphatic heterocycles. The van der Waals surface area contributed by atoms with Crippen LogP contribution in [0.2, 0.25) is 0 Å². The van der Waals surface area contributed by atoms with Crippen molar-refractivity contribution in [2.75, 3.05) is 0 Å². The number of nitrogens with zero attached hydrogens (tertiary/aromatic N) is 6. The summed E-state index contributed by atoms with van der Waals surface area (Å²) < 4.78 is 6.45. The van der Waals surface area contributed by atoms with E-state index in [0.717, 1.165) is 94.0 Å². The molecule has 7 heteroatoms. The van der Waals surface area contributed by atoms with Crippen LogP contribution in [0, 0.1) is 0 Å². The van der Waals surface area contributed by atoms with Gasteiger partial charge in [-0.3, -0.25) is 0 Å². The lowest BCUT2D eigenvalue weighted by Crippen LogP contribution is -1.99. The third kappa shape index (κ3) is 6.85. The Kier molecular flexibility index (Phi) is 9.03. The third-order valence-electron chi connectivity index (χ3n) is 12.5. The maximum absolute atomic E-state index is 6.45. The second-order valence-electron chi connectivity index (χ2n) is 16.7.